The van der Waals surface area contributed by atoms with Gasteiger partial charge in [-0.3, -0.25) is 0 Å². The molecule has 0 spiro atoms. The van der Waals surface area contributed by atoms with Crippen LogP contribution in [0.1, 0.15) is 31.4 Å². The quantitative estimate of drug-likeness (QED) is 0.848. The van der Waals surface area contributed by atoms with Crippen molar-refractivity contribution in [1.82, 2.24) is 9.97 Å². The van der Waals surface area contributed by atoms with Crippen LogP contribution in [-0.4, -0.2) is 16.5 Å². The van der Waals surface area contributed by atoms with Gasteiger partial charge >= 0.3 is 0 Å². The van der Waals surface area contributed by atoms with Gasteiger partial charge in [-0.05, 0) is 37.6 Å². The van der Waals surface area contributed by atoms with Crippen molar-refractivity contribution in [3.8, 4) is 6.07 Å². The van der Waals surface area contributed by atoms with Crippen LogP contribution in [0.4, 0.5) is 17.3 Å². The molecule has 5 heteroatoms. The van der Waals surface area contributed by atoms with E-state index in [2.05, 4.69) is 33.6 Å². The molecule has 108 valence electrons. The van der Waals surface area contributed by atoms with Crippen molar-refractivity contribution in [2.75, 3.05) is 17.2 Å². The van der Waals surface area contributed by atoms with E-state index >= 15 is 0 Å². The summed E-state index contributed by atoms with van der Waals surface area (Å²) in [5, 5.41) is 15.4. The number of rotatable bonds is 6. The summed E-state index contributed by atoms with van der Waals surface area (Å²) in [6, 6.07) is 9.44. The minimum absolute atomic E-state index is 0.644. The molecular formula is C16H19N5. The second kappa shape index (κ2) is 7.25. The van der Waals surface area contributed by atoms with Gasteiger partial charge in [0.1, 0.15) is 18.0 Å². The fraction of sp³-hybridized carbons (Fsp3) is 0.312. The molecule has 0 aliphatic carbocycles. The summed E-state index contributed by atoms with van der Waals surface area (Å²) in [7, 11) is 0. The highest BCUT2D eigenvalue weighted by Crippen LogP contribution is 2.24. The lowest BCUT2D eigenvalue weighted by molar-refractivity contribution is 0.902. The molecule has 0 radical (unpaired) electrons. The van der Waals surface area contributed by atoms with E-state index in [1.807, 2.05) is 19.1 Å². The van der Waals surface area contributed by atoms with Crippen LogP contribution in [0.25, 0.3) is 0 Å². The summed E-state index contributed by atoms with van der Waals surface area (Å²) in [5.41, 5.74) is 2.64. The summed E-state index contributed by atoms with van der Waals surface area (Å²) < 4.78 is 0. The number of nitriles is 1. The average molecular weight is 281 g/mol. The largest absolute Gasteiger partial charge is 0.370 e. The molecule has 0 aliphatic heterocycles. The third kappa shape index (κ3) is 3.69. The van der Waals surface area contributed by atoms with E-state index in [9.17, 15) is 0 Å². The monoisotopic (exact) mass is 281 g/mol. The lowest BCUT2D eigenvalue weighted by Gasteiger charge is -2.14. The van der Waals surface area contributed by atoms with Crippen LogP contribution < -0.4 is 10.6 Å². The van der Waals surface area contributed by atoms with Crippen LogP contribution in [0.3, 0.4) is 0 Å². The summed E-state index contributed by atoms with van der Waals surface area (Å²) in [6.45, 7) is 5.00. The van der Waals surface area contributed by atoms with E-state index in [0.717, 1.165) is 42.3 Å². The third-order valence-electron chi connectivity index (χ3n) is 3.07. The van der Waals surface area contributed by atoms with Crippen molar-refractivity contribution >= 4 is 17.3 Å². The van der Waals surface area contributed by atoms with E-state index in [1.165, 1.54) is 0 Å². The minimum Gasteiger partial charge on any atom is -0.370 e. The van der Waals surface area contributed by atoms with Gasteiger partial charge in [-0.1, -0.05) is 13.3 Å². The molecule has 0 saturated carbocycles. The minimum atomic E-state index is 0.644. The summed E-state index contributed by atoms with van der Waals surface area (Å²) in [5.74, 6) is 1.69. The van der Waals surface area contributed by atoms with Gasteiger partial charge in [0.2, 0.25) is 0 Å². The predicted octanol–water partition coefficient (Wildman–Crippen LogP) is 3.48. The second-order valence-electron chi connectivity index (χ2n) is 4.64. The van der Waals surface area contributed by atoms with Crippen molar-refractivity contribution in [2.45, 2.75) is 26.7 Å². The van der Waals surface area contributed by atoms with Crippen molar-refractivity contribution in [1.29, 1.82) is 5.26 Å². The Bertz CT molecular complexity index is 628. The summed E-state index contributed by atoms with van der Waals surface area (Å²) in [4.78, 5) is 8.66. The highest BCUT2D eigenvalue weighted by molar-refractivity contribution is 5.65. The number of aromatic nitrogens is 2. The molecule has 1 aromatic heterocycles. The number of hydrogen-bond donors (Lipinski definition) is 2. The van der Waals surface area contributed by atoms with E-state index in [0.29, 0.717) is 5.56 Å². The molecule has 0 aliphatic rings. The molecular weight excluding hydrogens is 262 g/mol. The highest BCUT2D eigenvalue weighted by Gasteiger charge is 2.10. The normalized spacial score (nSPS) is 9.95. The number of nitrogens with zero attached hydrogens (tertiary/aromatic N) is 3. The summed E-state index contributed by atoms with van der Waals surface area (Å²) >= 11 is 0. The molecule has 1 aromatic carbocycles. The highest BCUT2D eigenvalue weighted by atomic mass is 15.1. The van der Waals surface area contributed by atoms with Gasteiger partial charge in [-0.2, -0.15) is 5.26 Å². The van der Waals surface area contributed by atoms with Gasteiger partial charge in [0, 0.05) is 17.8 Å². The maximum atomic E-state index is 8.83. The van der Waals surface area contributed by atoms with Crippen LogP contribution >= 0.6 is 0 Å². The fourth-order valence-electron chi connectivity index (χ4n) is 2.09. The van der Waals surface area contributed by atoms with E-state index in [4.69, 9.17) is 5.26 Å². The first-order chi connectivity index (χ1) is 10.3. The number of nitrogens with one attached hydrogen (secondary N) is 2. The number of anilines is 3. The van der Waals surface area contributed by atoms with Gasteiger partial charge < -0.3 is 10.6 Å². The van der Waals surface area contributed by atoms with E-state index in [1.54, 1.807) is 18.5 Å². The molecule has 0 atom stereocenters. The molecule has 2 rings (SSSR count). The van der Waals surface area contributed by atoms with Crippen LogP contribution in [0.15, 0.2) is 30.6 Å². The van der Waals surface area contributed by atoms with Crippen molar-refractivity contribution in [2.24, 2.45) is 0 Å². The van der Waals surface area contributed by atoms with Crippen molar-refractivity contribution in [3.05, 3.63) is 41.7 Å². The average Bonchev–Trinajstić information content (AvgIpc) is 2.51. The smallest absolute Gasteiger partial charge is 0.139 e. The molecule has 1 heterocycles. The van der Waals surface area contributed by atoms with Crippen LogP contribution in [0.2, 0.25) is 0 Å². The Morgan fingerprint density at radius 3 is 2.43 bits per heavy atom. The predicted molar refractivity (Wildman–Crippen MR) is 84.6 cm³/mol. The van der Waals surface area contributed by atoms with Gasteiger partial charge in [-0.25, -0.2) is 9.97 Å². The topological polar surface area (TPSA) is 73.6 Å². The molecule has 0 amide bonds. The molecule has 0 fully saturated rings. The zero-order valence-electron chi connectivity index (χ0n) is 12.3. The Labute approximate surface area is 125 Å². The summed E-state index contributed by atoms with van der Waals surface area (Å²) in [6.07, 6.45) is 3.48. The standard InChI is InChI=1S/C16H19N5/c1-3-5-14-15(18-4-2)19-11-20-16(14)21-13-8-6-12(10-17)7-9-13/h6-9,11H,3-5H2,1-2H3,(H2,18,19,20,21). The first kappa shape index (κ1) is 14.8. The SMILES string of the molecule is CCCc1c(NCC)ncnc1Nc1ccc(C#N)cc1. The van der Waals surface area contributed by atoms with E-state index in [-0.39, 0.29) is 0 Å². The van der Waals surface area contributed by atoms with Crippen molar-refractivity contribution < 1.29 is 0 Å². The van der Waals surface area contributed by atoms with Gasteiger partial charge in [0.15, 0.2) is 0 Å². The van der Waals surface area contributed by atoms with Crippen LogP contribution in [-0.2, 0) is 6.42 Å². The molecule has 2 aromatic rings. The van der Waals surface area contributed by atoms with Crippen molar-refractivity contribution in [3.63, 3.8) is 0 Å². The van der Waals surface area contributed by atoms with Gasteiger partial charge in [0.25, 0.3) is 0 Å². The van der Waals surface area contributed by atoms with Crippen LogP contribution in [0, 0.1) is 11.3 Å². The second-order valence-corrected chi connectivity index (χ2v) is 4.64. The molecule has 0 bridgehead atoms. The molecule has 0 unspecified atom stereocenters. The molecule has 2 N–H and O–H groups in total. The molecule has 5 nitrogen and oxygen atoms in total. The first-order valence-electron chi connectivity index (χ1n) is 7.13. The van der Waals surface area contributed by atoms with Gasteiger partial charge in [-0.15, -0.1) is 0 Å². The van der Waals surface area contributed by atoms with Crippen LogP contribution in [0.5, 0.6) is 0 Å². The number of benzene rings is 1. The lowest BCUT2D eigenvalue weighted by Crippen LogP contribution is -2.08. The first-order valence-corrected chi connectivity index (χ1v) is 7.13. The maximum absolute atomic E-state index is 8.83. The lowest BCUT2D eigenvalue weighted by atomic mass is 10.1. The Morgan fingerprint density at radius 1 is 1.10 bits per heavy atom. The Hall–Kier alpha value is -2.61. The molecule has 21 heavy (non-hydrogen) atoms. The number of hydrogen-bond acceptors (Lipinski definition) is 5. The van der Waals surface area contributed by atoms with E-state index < -0.39 is 0 Å². The maximum Gasteiger partial charge on any atom is 0.139 e. The zero-order chi connectivity index (χ0) is 15.1. The Balaban J connectivity index is 2.29. The molecule has 0 saturated heterocycles. The zero-order valence-corrected chi connectivity index (χ0v) is 12.3. The third-order valence-corrected chi connectivity index (χ3v) is 3.07. The Kier molecular flexibility index (Phi) is 5.10. The van der Waals surface area contributed by atoms with Gasteiger partial charge in [0.05, 0.1) is 11.6 Å². The Morgan fingerprint density at radius 2 is 1.81 bits per heavy atom. The fourth-order valence-corrected chi connectivity index (χ4v) is 2.09.